The second kappa shape index (κ2) is 9.37. The molecule has 0 saturated carbocycles. The number of benzene rings is 3. The minimum Gasteiger partial charge on any atom is -0.322 e. The molecule has 29 heavy (non-hydrogen) atoms. The fraction of sp³-hybridized carbons (Fsp3) is 0.0455. The van der Waals surface area contributed by atoms with E-state index >= 15 is 0 Å². The highest BCUT2D eigenvalue weighted by Gasteiger charge is 2.08. The Labute approximate surface area is 178 Å². The molecule has 2 amide bonds. The third kappa shape index (κ3) is 5.67. The van der Waals surface area contributed by atoms with Gasteiger partial charge in [0.15, 0.2) is 0 Å². The predicted octanol–water partition coefficient (Wildman–Crippen LogP) is 5.32. The first-order valence-corrected chi connectivity index (χ1v) is 9.44. The van der Waals surface area contributed by atoms with Gasteiger partial charge >= 0.3 is 0 Å². The van der Waals surface area contributed by atoms with Crippen molar-refractivity contribution in [3.8, 4) is 0 Å². The van der Waals surface area contributed by atoms with Crippen molar-refractivity contribution in [2.24, 2.45) is 5.10 Å². The molecule has 5 nitrogen and oxygen atoms in total. The lowest BCUT2D eigenvalue weighted by Gasteiger charge is -2.06. The number of halogens is 2. The molecule has 0 saturated heterocycles. The summed E-state index contributed by atoms with van der Waals surface area (Å²) in [4.78, 5) is 24.4. The van der Waals surface area contributed by atoms with E-state index in [9.17, 15) is 9.59 Å². The van der Waals surface area contributed by atoms with Gasteiger partial charge in [0.2, 0.25) is 0 Å². The molecular weight excluding hydrogens is 409 g/mol. The van der Waals surface area contributed by atoms with Crippen molar-refractivity contribution < 1.29 is 9.59 Å². The Kier molecular flexibility index (Phi) is 6.65. The number of carbonyl (C=O) groups is 2. The summed E-state index contributed by atoms with van der Waals surface area (Å²) in [6, 6.07) is 18.8. The number of anilines is 1. The SMILES string of the molecule is Cc1ccc(C(=O)Nc2ccc(C(=O)N/N=C\c3ccc(Cl)cc3Cl)cc2)cc1. The molecule has 0 spiro atoms. The van der Waals surface area contributed by atoms with Crippen molar-refractivity contribution in [3.05, 3.63) is 99.0 Å². The van der Waals surface area contributed by atoms with E-state index in [-0.39, 0.29) is 11.8 Å². The van der Waals surface area contributed by atoms with Crippen LogP contribution in [0.1, 0.15) is 31.8 Å². The highest BCUT2D eigenvalue weighted by Crippen LogP contribution is 2.19. The highest BCUT2D eigenvalue weighted by atomic mass is 35.5. The average Bonchev–Trinajstić information content (AvgIpc) is 2.70. The molecule has 0 heterocycles. The van der Waals surface area contributed by atoms with Crippen LogP contribution in [0, 0.1) is 6.92 Å². The third-order valence-corrected chi connectivity index (χ3v) is 4.61. The summed E-state index contributed by atoms with van der Waals surface area (Å²) in [6.45, 7) is 1.96. The van der Waals surface area contributed by atoms with E-state index < -0.39 is 0 Å². The Bertz CT molecular complexity index is 1060. The molecule has 3 aromatic carbocycles. The van der Waals surface area contributed by atoms with E-state index in [1.54, 1.807) is 54.6 Å². The summed E-state index contributed by atoms with van der Waals surface area (Å²) in [5, 5.41) is 7.65. The molecule has 0 atom stereocenters. The second-order valence-electron chi connectivity index (χ2n) is 6.26. The van der Waals surface area contributed by atoms with Gasteiger partial charge in [-0.25, -0.2) is 5.43 Å². The number of aryl methyl sites for hydroxylation is 1. The number of rotatable bonds is 5. The maximum atomic E-state index is 12.2. The zero-order chi connectivity index (χ0) is 20.8. The van der Waals surface area contributed by atoms with Gasteiger partial charge in [0, 0.05) is 27.4 Å². The summed E-state index contributed by atoms with van der Waals surface area (Å²) < 4.78 is 0. The van der Waals surface area contributed by atoms with E-state index in [1.165, 1.54) is 6.21 Å². The molecule has 0 aliphatic heterocycles. The lowest BCUT2D eigenvalue weighted by atomic mass is 10.1. The summed E-state index contributed by atoms with van der Waals surface area (Å²) in [5.41, 5.74) is 5.69. The fourth-order valence-electron chi connectivity index (χ4n) is 2.44. The van der Waals surface area contributed by atoms with Gasteiger partial charge in [0.05, 0.1) is 11.2 Å². The molecular formula is C22H17Cl2N3O2. The number of hydrogen-bond acceptors (Lipinski definition) is 3. The molecule has 146 valence electrons. The molecule has 0 bridgehead atoms. The van der Waals surface area contributed by atoms with Gasteiger partial charge in [-0.1, -0.05) is 47.0 Å². The summed E-state index contributed by atoms with van der Waals surface area (Å²) in [7, 11) is 0. The molecule has 2 N–H and O–H groups in total. The molecule has 0 aliphatic carbocycles. The summed E-state index contributed by atoms with van der Waals surface area (Å²) in [5.74, 6) is -0.602. The topological polar surface area (TPSA) is 70.6 Å². The zero-order valence-corrected chi connectivity index (χ0v) is 17.0. The first-order chi connectivity index (χ1) is 13.9. The van der Waals surface area contributed by atoms with Crippen LogP contribution in [-0.4, -0.2) is 18.0 Å². The van der Waals surface area contributed by atoms with E-state index in [2.05, 4.69) is 15.8 Å². The standard InChI is InChI=1S/C22H17Cl2N3O2/c1-14-2-4-15(5-3-14)21(28)26-19-10-7-16(8-11-19)22(29)27-25-13-17-6-9-18(23)12-20(17)24/h2-13H,1H3,(H,26,28)(H,27,29)/b25-13-. The summed E-state index contributed by atoms with van der Waals surface area (Å²) >= 11 is 11.9. The van der Waals surface area contributed by atoms with Crippen LogP contribution >= 0.6 is 23.2 Å². The van der Waals surface area contributed by atoms with Crippen molar-refractivity contribution in [2.45, 2.75) is 6.92 Å². The molecule has 0 unspecified atom stereocenters. The van der Waals surface area contributed by atoms with Crippen molar-refractivity contribution in [1.82, 2.24) is 5.43 Å². The monoisotopic (exact) mass is 425 g/mol. The predicted molar refractivity (Wildman–Crippen MR) is 117 cm³/mol. The van der Waals surface area contributed by atoms with Crippen molar-refractivity contribution in [1.29, 1.82) is 0 Å². The largest absolute Gasteiger partial charge is 0.322 e. The number of hydrazone groups is 1. The van der Waals surface area contributed by atoms with Crippen LogP contribution < -0.4 is 10.7 Å². The van der Waals surface area contributed by atoms with Crippen LogP contribution in [0.4, 0.5) is 5.69 Å². The number of nitrogens with zero attached hydrogens (tertiary/aromatic N) is 1. The molecule has 7 heteroatoms. The number of carbonyl (C=O) groups excluding carboxylic acids is 2. The lowest BCUT2D eigenvalue weighted by molar-refractivity contribution is 0.0954. The van der Waals surface area contributed by atoms with Crippen molar-refractivity contribution in [3.63, 3.8) is 0 Å². The Morgan fingerprint density at radius 3 is 2.14 bits per heavy atom. The second-order valence-corrected chi connectivity index (χ2v) is 7.11. The van der Waals surface area contributed by atoms with Crippen molar-refractivity contribution in [2.75, 3.05) is 5.32 Å². The van der Waals surface area contributed by atoms with Gasteiger partial charge in [-0.05, 0) is 55.5 Å². The smallest absolute Gasteiger partial charge is 0.271 e. The van der Waals surface area contributed by atoms with Crippen LogP contribution in [0.3, 0.4) is 0 Å². The zero-order valence-electron chi connectivity index (χ0n) is 15.4. The van der Waals surface area contributed by atoms with E-state index in [1.807, 2.05) is 19.1 Å². The van der Waals surface area contributed by atoms with Crippen LogP contribution in [-0.2, 0) is 0 Å². The minimum absolute atomic E-state index is 0.216. The Morgan fingerprint density at radius 2 is 1.48 bits per heavy atom. The van der Waals surface area contributed by atoms with Gasteiger partial charge in [-0.15, -0.1) is 0 Å². The molecule has 0 radical (unpaired) electrons. The Hall–Kier alpha value is -3.15. The quantitative estimate of drug-likeness (QED) is 0.428. The van der Waals surface area contributed by atoms with Crippen LogP contribution in [0.5, 0.6) is 0 Å². The molecule has 0 fully saturated rings. The number of nitrogens with one attached hydrogen (secondary N) is 2. The van der Waals surface area contributed by atoms with Gasteiger partial charge in [-0.3, -0.25) is 9.59 Å². The normalized spacial score (nSPS) is 10.7. The molecule has 3 rings (SSSR count). The molecule has 0 aromatic heterocycles. The van der Waals surface area contributed by atoms with E-state index in [0.717, 1.165) is 5.56 Å². The van der Waals surface area contributed by atoms with Gasteiger partial charge in [-0.2, -0.15) is 5.10 Å². The first kappa shape index (κ1) is 20.6. The van der Waals surface area contributed by atoms with Crippen LogP contribution in [0.2, 0.25) is 10.0 Å². The maximum Gasteiger partial charge on any atom is 0.271 e. The average molecular weight is 426 g/mol. The Morgan fingerprint density at radius 1 is 0.862 bits per heavy atom. The maximum absolute atomic E-state index is 12.2. The van der Waals surface area contributed by atoms with Gasteiger partial charge in [0.1, 0.15) is 0 Å². The number of hydrogen-bond donors (Lipinski definition) is 2. The van der Waals surface area contributed by atoms with Crippen molar-refractivity contribution >= 4 is 46.9 Å². The third-order valence-electron chi connectivity index (χ3n) is 4.05. The van der Waals surface area contributed by atoms with E-state index in [4.69, 9.17) is 23.2 Å². The van der Waals surface area contributed by atoms with Gasteiger partial charge in [0.25, 0.3) is 11.8 Å². The van der Waals surface area contributed by atoms with Crippen LogP contribution in [0.15, 0.2) is 71.8 Å². The first-order valence-electron chi connectivity index (χ1n) is 8.69. The Balaban J connectivity index is 1.59. The molecule has 3 aromatic rings. The highest BCUT2D eigenvalue weighted by molar-refractivity contribution is 6.36. The minimum atomic E-state index is -0.386. The van der Waals surface area contributed by atoms with E-state index in [0.29, 0.717) is 32.4 Å². The molecule has 0 aliphatic rings. The fourth-order valence-corrected chi connectivity index (χ4v) is 2.90. The summed E-state index contributed by atoms with van der Waals surface area (Å²) in [6.07, 6.45) is 1.44. The van der Waals surface area contributed by atoms with Crippen LogP contribution in [0.25, 0.3) is 0 Å². The van der Waals surface area contributed by atoms with Gasteiger partial charge < -0.3 is 5.32 Å². The number of amides is 2. The lowest BCUT2D eigenvalue weighted by Crippen LogP contribution is -2.18.